The lowest BCUT2D eigenvalue weighted by Crippen LogP contribution is -2.45. The molecular weight excluding hydrogens is 525 g/mol. The molecule has 1 amide bonds. The molecule has 3 N–H and O–H groups in total. The lowest BCUT2D eigenvalue weighted by molar-refractivity contribution is 0.0529. The summed E-state index contributed by atoms with van der Waals surface area (Å²) >= 11 is 0. The first-order valence-electron chi connectivity index (χ1n) is 10.7. The number of methoxy groups -OCH3 is 2. The second-order valence-corrected chi connectivity index (χ2v) is 8.34. The first-order valence-corrected chi connectivity index (χ1v) is 10.7. The van der Waals surface area contributed by atoms with E-state index >= 15 is 0 Å². The van der Waals surface area contributed by atoms with Crippen molar-refractivity contribution in [2.24, 2.45) is 4.99 Å². The van der Waals surface area contributed by atoms with Crippen LogP contribution in [0.2, 0.25) is 0 Å². The van der Waals surface area contributed by atoms with Crippen molar-refractivity contribution >= 4 is 41.7 Å². The van der Waals surface area contributed by atoms with Crippen LogP contribution >= 0.6 is 24.0 Å². The number of amides is 1. The Morgan fingerprint density at radius 3 is 2.38 bits per heavy atom. The highest BCUT2D eigenvalue weighted by Gasteiger charge is 2.24. The van der Waals surface area contributed by atoms with Crippen LogP contribution in [-0.4, -0.2) is 70.6 Å². The number of nitrogens with zero attached hydrogens (tertiary/aromatic N) is 2. The molecule has 32 heavy (non-hydrogen) atoms. The Bertz CT molecular complexity index is 732. The number of nitrogens with one attached hydrogen (secondary N) is 3. The Labute approximate surface area is 208 Å². The standard InChI is InChI=1S/C22H37N5O4.HI/c1-7-23-20(24-9-10-25-21(28)31-22(2,3)4)26-16-8-11-27(15-16)17-12-18(29-5)14-19(13-17)30-6;/h12-14,16H,7-11,15H2,1-6H3,(H,25,28)(H2,23,24,26);1H. The summed E-state index contributed by atoms with van der Waals surface area (Å²) in [5.74, 6) is 2.29. The molecule has 0 aliphatic carbocycles. The third-order valence-corrected chi connectivity index (χ3v) is 4.62. The number of benzene rings is 1. The Kier molecular flexibility index (Phi) is 11.7. The summed E-state index contributed by atoms with van der Waals surface area (Å²) in [5, 5.41) is 9.48. The van der Waals surface area contributed by atoms with Gasteiger partial charge in [0.15, 0.2) is 5.96 Å². The van der Waals surface area contributed by atoms with E-state index in [4.69, 9.17) is 14.2 Å². The lowest BCUT2D eigenvalue weighted by atomic mass is 10.2. The van der Waals surface area contributed by atoms with Crippen molar-refractivity contribution in [1.29, 1.82) is 0 Å². The van der Waals surface area contributed by atoms with E-state index < -0.39 is 11.7 Å². The zero-order valence-corrected chi connectivity index (χ0v) is 22.3. The minimum absolute atomic E-state index is 0. The molecule has 1 atom stereocenters. The molecule has 9 nitrogen and oxygen atoms in total. The summed E-state index contributed by atoms with van der Waals surface area (Å²) in [5.41, 5.74) is 0.564. The van der Waals surface area contributed by atoms with Crippen LogP contribution in [0.4, 0.5) is 10.5 Å². The van der Waals surface area contributed by atoms with E-state index in [0.717, 1.165) is 49.2 Å². The predicted molar refractivity (Wildman–Crippen MR) is 139 cm³/mol. The average molecular weight is 563 g/mol. The molecule has 1 heterocycles. The number of ether oxygens (including phenoxy) is 3. The fourth-order valence-electron chi connectivity index (χ4n) is 3.24. The third-order valence-electron chi connectivity index (χ3n) is 4.62. The van der Waals surface area contributed by atoms with Crippen LogP contribution < -0.4 is 30.3 Å². The molecule has 0 spiro atoms. The van der Waals surface area contributed by atoms with E-state index in [9.17, 15) is 4.79 Å². The Morgan fingerprint density at radius 1 is 1.16 bits per heavy atom. The molecule has 0 radical (unpaired) electrons. The van der Waals surface area contributed by atoms with Crippen LogP contribution in [0.1, 0.15) is 34.1 Å². The molecule has 0 bridgehead atoms. The van der Waals surface area contributed by atoms with Gasteiger partial charge in [-0.25, -0.2) is 4.79 Å². The average Bonchev–Trinajstić information content (AvgIpc) is 3.18. The number of hydrogen-bond acceptors (Lipinski definition) is 6. The predicted octanol–water partition coefficient (Wildman–Crippen LogP) is 2.98. The maximum absolute atomic E-state index is 11.7. The van der Waals surface area contributed by atoms with Crippen LogP contribution in [0.3, 0.4) is 0 Å². The molecular formula is C22H38IN5O4. The smallest absolute Gasteiger partial charge is 0.407 e. The van der Waals surface area contributed by atoms with Crippen molar-refractivity contribution in [1.82, 2.24) is 16.0 Å². The number of carbonyl (C=O) groups is 1. The number of anilines is 1. The largest absolute Gasteiger partial charge is 0.497 e. The van der Waals surface area contributed by atoms with Crippen LogP contribution in [0, 0.1) is 0 Å². The highest BCUT2D eigenvalue weighted by molar-refractivity contribution is 14.0. The SMILES string of the molecule is CCNC(=NCCNC(=O)OC(C)(C)C)NC1CCN(c2cc(OC)cc(OC)c2)C1.I. The van der Waals surface area contributed by atoms with Gasteiger partial charge in [0.25, 0.3) is 0 Å². The van der Waals surface area contributed by atoms with Gasteiger partial charge < -0.3 is 35.1 Å². The molecule has 0 saturated carbocycles. The van der Waals surface area contributed by atoms with Gasteiger partial charge in [-0.1, -0.05) is 0 Å². The zero-order valence-electron chi connectivity index (χ0n) is 20.0. The fourth-order valence-corrected chi connectivity index (χ4v) is 3.24. The van der Waals surface area contributed by atoms with Gasteiger partial charge >= 0.3 is 6.09 Å². The van der Waals surface area contributed by atoms with E-state index in [1.54, 1.807) is 14.2 Å². The van der Waals surface area contributed by atoms with Gasteiger partial charge in [-0.3, -0.25) is 4.99 Å². The molecule has 1 aromatic carbocycles. The zero-order chi connectivity index (χ0) is 22.9. The van der Waals surface area contributed by atoms with Gasteiger partial charge in [-0.2, -0.15) is 0 Å². The number of hydrogen-bond donors (Lipinski definition) is 3. The van der Waals surface area contributed by atoms with Crippen molar-refractivity contribution in [2.75, 3.05) is 51.8 Å². The third kappa shape index (κ3) is 9.58. The van der Waals surface area contributed by atoms with E-state index in [0.29, 0.717) is 13.1 Å². The van der Waals surface area contributed by atoms with Crippen LogP contribution in [-0.2, 0) is 4.74 Å². The van der Waals surface area contributed by atoms with Gasteiger partial charge in [0.2, 0.25) is 0 Å². The minimum atomic E-state index is -0.509. The summed E-state index contributed by atoms with van der Waals surface area (Å²) < 4.78 is 16.0. The highest BCUT2D eigenvalue weighted by atomic mass is 127. The first kappa shape index (κ1) is 27.9. The lowest BCUT2D eigenvalue weighted by Gasteiger charge is -2.21. The molecule has 1 unspecified atom stereocenters. The fraction of sp³-hybridized carbons (Fsp3) is 0.636. The van der Waals surface area contributed by atoms with Gasteiger partial charge in [0.05, 0.1) is 20.8 Å². The first-order chi connectivity index (χ1) is 14.7. The number of carbonyl (C=O) groups excluding carboxylic acids is 1. The normalized spacial score (nSPS) is 16.1. The monoisotopic (exact) mass is 563 g/mol. The number of aliphatic imine (C=N–C) groups is 1. The van der Waals surface area contributed by atoms with Crippen LogP contribution in [0.15, 0.2) is 23.2 Å². The Balaban J connectivity index is 0.00000512. The van der Waals surface area contributed by atoms with Crippen molar-refractivity contribution in [3.63, 3.8) is 0 Å². The number of rotatable bonds is 8. The second kappa shape index (κ2) is 13.4. The number of halogens is 1. The molecule has 0 aromatic heterocycles. The maximum atomic E-state index is 11.7. The summed E-state index contributed by atoms with van der Waals surface area (Å²) in [6, 6.07) is 6.17. The molecule has 1 saturated heterocycles. The van der Waals surface area contributed by atoms with Crippen molar-refractivity contribution < 1.29 is 19.0 Å². The van der Waals surface area contributed by atoms with Gasteiger partial charge in [0, 0.05) is 56.1 Å². The van der Waals surface area contributed by atoms with Gasteiger partial charge in [-0.15, -0.1) is 24.0 Å². The second-order valence-electron chi connectivity index (χ2n) is 8.34. The maximum Gasteiger partial charge on any atom is 0.407 e. The van der Waals surface area contributed by atoms with Crippen molar-refractivity contribution in [3.8, 4) is 11.5 Å². The quantitative estimate of drug-likeness (QED) is 0.194. The van der Waals surface area contributed by atoms with Crippen LogP contribution in [0.5, 0.6) is 11.5 Å². The summed E-state index contributed by atoms with van der Waals surface area (Å²) in [7, 11) is 3.31. The molecule has 1 aromatic rings. The van der Waals surface area contributed by atoms with Crippen LogP contribution in [0.25, 0.3) is 0 Å². The van der Waals surface area contributed by atoms with Gasteiger partial charge in [0.1, 0.15) is 17.1 Å². The van der Waals surface area contributed by atoms with Gasteiger partial charge in [-0.05, 0) is 34.1 Å². The van der Waals surface area contributed by atoms with E-state index in [2.05, 4.69) is 25.8 Å². The van der Waals surface area contributed by atoms with E-state index in [1.807, 2.05) is 45.9 Å². The molecule has 1 aliphatic heterocycles. The highest BCUT2D eigenvalue weighted by Crippen LogP contribution is 2.30. The molecule has 10 heteroatoms. The topological polar surface area (TPSA) is 96.5 Å². The van der Waals surface area contributed by atoms with E-state index in [1.165, 1.54) is 0 Å². The Morgan fingerprint density at radius 2 is 1.81 bits per heavy atom. The summed E-state index contributed by atoms with van der Waals surface area (Å²) in [4.78, 5) is 18.6. The summed E-state index contributed by atoms with van der Waals surface area (Å²) in [6.45, 7) is 10.9. The Hall–Kier alpha value is -2.11. The number of guanidine groups is 1. The molecule has 1 aliphatic rings. The minimum Gasteiger partial charge on any atom is -0.497 e. The van der Waals surface area contributed by atoms with Crippen molar-refractivity contribution in [2.45, 2.75) is 45.8 Å². The molecule has 182 valence electrons. The van der Waals surface area contributed by atoms with Crippen molar-refractivity contribution in [3.05, 3.63) is 18.2 Å². The molecule has 1 fully saturated rings. The molecule has 2 rings (SSSR count). The van der Waals surface area contributed by atoms with E-state index in [-0.39, 0.29) is 30.0 Å². The summed E-state index contributed by atoms with van der Waals surface area (Å²) in [6.07, 6.45) is 0.556. The number of alkyl carbamates (subject to hydrolysis) is 1.